The predicted octanol–water partition coefficient (Wildman–Crippen LogP) is 1.20. The summed E-state index contributed by atoms with van der Waals surface area (Å²) in [4.78, 5) is 15.5. The lowest BCUT2D eigenvalue weighted by atomic mass is 10.2. The molecule has 1 amide bonds. The molecular formula is C13H16N4O. The van der Waals surface area contributed by atoms with Gasteiger partial charge in [0.15, 0.2) is 0 Å². The second-order valence-electron chi connectivity index (χ2n) is 4.47. The number of carbonyl (C=O) groups is 1. The van der Waals surface area contributed by atoms with E-state index in [2.05, 4.69) is 15.6 Å². The van der Waals surface area contributed by atoms with Crippen LogP contribution in [-0.2, 0) is 4.79 Å². The van der Waals surface area contributed by atoms with Crippen molar-refractivity contribution in [2.24, 2.45) is 5.92 Å². The Balaban J connectivity index is 1.76. The minimum Gasteiger partial charge on any atom is -0.368 e. The second-order valence-corrected chi connectivity index (χ2v) is 4.47. The standard InChI is InChI=1S/C13H16N4O/c1-9-2-5-12(17-11(9)8-14)15-6-7-16-13(18)10-3-4-10/h2,5,10H,3-4,6-7H2,1H3,(H,15,17)(H,16,18). The molecule has 0 atom stereocenters. The first-order chi connectivity index (χ1) is 8.70. The van der Waals surface area contributed by atoms with E-state index in [1.165, 1.54) is 0 Å². The van der Waals surface area contributed by atoms with Gasteiger partial charge >= 0.3 is 0 Å². The predicted molar refractivity (Wildman–Crippen MR) is 67.9 cm³/mol. The molecule has 5 nitrogen and oxygen atoms in total. The molecule has 1 aromatic heterocycles. The van der Waals surface area contributed by atoms with Crippen LogP contribution in [0.3, 0.4) is 0 Å². The van der Waals surface area contributed by atoms with Crippen LogP contribution < -0.4 is 10.6 Å². The number of aryl methyl sites for hydroxylation is 1. The Morgan fingerprint density at radius 1 is 1.50 bits per heavy atom. The summed E-state index contributed by atoms with van der Waals surface area (Å²) in [5, 5.41) is 14.8. The van der Waals surface area contributed by atoms with Gasteiger partial charge in [-0.05, 0) is 31.4 Å². The molecule has 2 rings (SSSR count). The van der Waals surface area contributed by atoms with Crippen molar-refractivity contribution in [3.8, 4) is 6.07 Å². The monoisotopic (exact) mass is 244 g/mol. The summed E-state index contributed by atoms with van der Waals surface area (Å²) >= 11 is 0. The van der Waals surface area contributed by atoms with E-state index in [1.54, 1.807) is 0 Å². The van der Waals surface area contributed by atoms with Gasteiger partial charge in [0.05, 0.1) is 0 Å². The topological polar surface area (TPSA) is 77.8 Å². The molecular weight excluding hydrogens is 228 g/mol. The fraction of sp³-hybridized carbons (Fsp3) is 0.462. The Hall–Kier alpha value is -2.09. The summed E-state index contributed by atoms with van der Waals surface area (Å²) in [7, 11) is 0. The van der Waals surface area contributed by atoms with Crippen LogP contribution in [0.25, 0.3) is 0 Å². The average molecular weight is 244 g/mol. The van der Waals surface area contributed by atoms with Gasteiger partial charge < -0.3 is 10.6 Å². The van der Waals surface area contributed by atoms with E-state index in [0.29, 0.717) is 24.6 Å². The zero-order chi connectivity index (χ0) is 13.0. The molecule has 0 radical (unpaired) electrons. The highest BCUT2D eigenvalue weighted by molar-refractivity contribution is 5.80. The Morgan fingerprint density at radius 3 is 2.94 bits per heavy atom. The van der Waals surface area contributed by atoms with Crippen molar-refractivity contribution in [3.05, 3.63) is 23.4 Å². The van der Waals surface area contributed by atoms with E-state index in [-0.39, 0.29) is 11.8 Å². The highest BCUT2D eigenvalue weighted by atomic mass is 16.2. The van der Waals surface area contributed by atoms with E-state index in [9.17, 15) is 4.79 Å². The van der Waals surface area contributed by atoms with Crippen molar-refractivity contribution in [2.45, 2.75) is 19.8 Å². The smallest absolute Gasteiger partial charge is 0.223 e. The number of nitriles is 1. The Kier molecular flexibility index (Phi) is 3.78. The van der Waals surface area contributed by atoms with Gasteiger partial charge in [0.2, 0.25) is 5.91 Å². The first kappa shape index (κ1) is 12.4. The Labute approximate surface area is 106 Å². The summed E-state index contributed by atoms with van der Waals surface area (Å²) < 4.78 is 0. The summed E-state index contributed by atoms with van der Waals surface area (Å²) in [6.45, 7) is 3.04. The second kappa shape index (κ2) is 5.50. The van der Waals surface area contributed by atoms with Gasteiger partial charge in [-0.15, -0.1) is 0 Å². The van der Waals surface area contributed by atoms with Gasteiger partial charge in [-0.3, -0.25) is 4.79 Å². The summed E-state index contributed by atoms with van der Waals surface area (Å²) in [6.07, 6.45) is 2.04. The largest absolute Gasteiger partial charge is 0.368 e. The van der Waals surface area contributed by atoms with E-state index in [0.717, 1.165) is 18.4 Å². The molecule has 1 aliphatic carbocycles. The third-order valence-electron chi connectivity index (χ3n) is 2.88. The SMILES string of the molecule is Cc1ccc(NCCNC(=O)C2CC2)nc1C#N. The highest BCUT2D eigenvalue weighted by Crippen LogP contribution is 2.28. The number of rotatable bonds is 5. The number of carbonyl (C=O) groups excluding carboxylic acids is 1. The van der Waals surface area contributed by atoms with Gasteiger partial charge in [-0.2, -0.15) is 5.26 Å². The van der Waals surface area contributed by atoms with Crippen LogP contribution >= 0.6 is 0 Å². The third kappa shape index (κ3) is 3.20. The molecule has 0 bridgehead atoms. The fourth-order valence-electron chi connectivity index (χ4n) is 1.61. The van der Waals surface area contributed by atoms with Crippen molar-refractivity contribution in [2.75, 3.05) is 18.4 Å². The Morgan fingerprint density at radius 2 is 2.28 bits per heavy atom. The number of pyridine rings is 1. The molecule has 1 saturated carbocycles. The molecule has 0 aliphatic heterocycles. The fourth-order valence-corrected chi connectivity index (χ4v) is 1.61. The molecule has 2 N–H and O–H groups in total. The number of amides is 1. The van der Waals surface area contributed by atoms with Crippen LogP contribution in [-0.4, -0.2) is 24.0 Å². The number of anilines is 1. The molecule has 1 fully saturated rings. The van der Waals surface area contributed by atoms with Crippen LogP contribution in [0, 0.1) is 24.2 Å². The number of hydrogen-bond acceptors (Lipinski definition) is 4. The maximum absolute atomic E-state index is 11.4. The number of nitrogens with one attached hydrogen (secondary N) is 2. The molecule has 1 aromatic rings. The van der Waals surface area contributed by atoms with E-state index in [4.69, 9.17) is 5.26 Å². The quantitative estimate of drug-likeness (QED) is 0.763. The van der Waals surface area contributed by atoms with Crippen LogP contribution in [0.4, 0.5) is 5.82 Å². The lowest BCUT2D eigenvalue weighted by molar-refractivity contribution is -0.122. The summed E-state index contributed by atoms with van der Waals surface area (Å²) in [6, 6.07) is 5.74. The van der Waals surface area contributed by atoms with Gasteiger partial charge in [0.1, 0.15) is 17.6 Å². The molecule has 0 aromatic carbocycles. The van der Waals surface area contributed by atoms with Crippen LogP contribution in [0.2, 0.25) is 0 Å². The highest BCUT2D eigenvalue weighted by Gasteiger charge is 2.28. The third-order valence-corrected chi connectivity index (χ3v) is 2.88. The summed E-state index contributed by atoms with van der Waals surface area (Å²) in [5.41, 5.74) is 1.30. The van der Waals surface area contributed by atoms with Crippen LogP contribution in [0.5, 0.6) is 0 Å². The van der Waals surface area contributed by atoms with Gasteiger partial charge in [0.25, 0.3) is 0 Å². The molecule has 5 heteroatoms. The number of hydrogen-bond donors (Lipinski definition) is 2. The first-order valence-corrected chi connectivity index (χ1v) is 6.10. The first-order valence-electron chi connectivity index (χ1n) is 6.10. The van der Waals surface area contributed by atoms with Gasteiger partial charge in [0, 0.05) is 19.0 Å². The molecule has 94 valence electrons. The minimum atomic E-state index is 0.145. The zero-order valence-electron chi connectivity index (χ0n) is 10.4. The molecule has 1 heterocycles. The van der Waals surface area contributed by atoms with Crippen molar-refractivity contribution < 1.29 is 4.79 Å². The number of nitrogens with zero attached hydrogens (tertiary/aromatic N) is 2. The van der Waals surface area contributed by atoms with Gasteiger partial charge in [-0.1, -0.05) is 6.07 Å². The maximum atomic E-state index is 11.4. The van der Waals surface area contributed by atoms with E-state index in [1.807, 2.05) is 25.1 Å². The van der Waals surface area contributed by atoms with Crippen LogP contribution in [0.1, 0.15) is 24.1 Å². The zero-order valence-corrected chi connectivity index (χ0v) is 10.4. The minimum absolute atomic E-state index is 0.145. The number of aromatic nitrogens is 1. The van der Waals surface area contributed by atoms with Crippen molar-refractivity contribution in [1.82, 2.24) is 10.3 Å². The van der Waals surface area contributed by atoms with Crippen LogP contribution in [0.15, 0.2) is 12.1 Å². The van der Waals surface area contributed by atoms with E-state index >= 15 is 0 Å². The van der Waals surface area contributed by atoms with Crippen molar-refractivity contribution in [1.29, 1.82) is 5.26 Å². The lowest BCUT2D eigenvalue weighted by Gasteiger charge is -2.07. The Bertz CT molecular complexity index is 488. The molecule has 0 unspecified atom stereocenters. The molecule has 1 aliphatic rings. The van der Waals surface area contributed by atoms with Crippen molar-refractivity contribution in [3.63, 3.8) is 0 Å². The molecule has 18 heavy (non-hydrogen) atoms. The summed E-state index contributed by atoms with van der Waals surface area (Å²) in [5.74, 6) is 1.05. The van der Waals surface area contributed by atoms with E-state index < -0.39 is 0 Å². The average Bonchev–Trinajstić information content (AvgIpc) is 3.20. The normalized spacial score (nSPS) is 13.8. The van der Waals surface area contributed by atoms with Gasteiger partial charge in [-0.25, -0.2) is 4.98 Å². The molecule has 0 saturated heterocycles. The molecule has 0 spiro atoms. The van der Waals surface area contributed by atoms with Crippen molar-refractivity contribution >= 4 is 11.7 Å². The maximum Gasteiger partial charge on any atom is 0.223 e. The lowest BCUT2D eigenvalue weighted by Crippen LogP contribution is -2.29.